The van der Waals surface area contributed by atoms with Crippen LogP contribution in [-0.2, 0) is 0 Å². The van der Waals surface area contributed by atoms with Crippen molar-refractivity contribution >= 4 is 0 Å². The Balaban J connectivity index is 2.83. The highest BCUT2D eigenvalue weighted by Crippen LogP contribution is 2.29. The molecule has 1 heteroatoms. The number of nitriles is 1. The molecule has 0 fully saturated rings. The summed E-state index contributed by atoms with van der Waals surface area (Å²) in [6.07, 6.45) is 3.40. The highest BCUT2D eigenvalue weighted by molar-refractivity contribution is 5.43. The number of rotatable bonds is 1. The lowest BCUT2D eigenvalue weighted by atomic mass is 10.1. The van der Waals surface area contributed by atoms with Crippen LogP contribution in [0.1, 0.15) is 26.2 Å². The Morgan fingerprint density at radius 3 is 2.70 bits per heavy atom. The second-order valence-corrected chi connectivity index (χ2v) is 2.70. The van der Waals surface area contributed by atoms with Crippen LogP contribution in [0.5, 0.6) is 0 Å². The summed E-state index contributed by atoms with van der Waals surface area (Å²) in [5.41, 5.74) is 3.21. The Kier molecular flexibility index (Phi) is 1.91. The molecule has 0 bridgehead atoms. The molecule has 0 heterocycles. The molecule has 0 aliphatic heterocycles. The molecule has 0 atom stereocenters. The zero-order valence-electron chi connectivity index (χ0n) is 6.28. The maximum absolute atomic E-state index is 8.53. The SMILES string of the molecule is C=C(C#N)C1=C(C)CCC1. The van der Waals surface area contributed by atoms with Crippen molar-refractivity contribution in [1.82, 2.24) is 0 Å². The van der Waals surface area contributed by atoms with Crippen molar-refractivity contribution in [3.63, 3.8) is 0 Å². The van der Waals surface area contributed by atoms with E-state index in [1.807, 2.05) is 0 Å². The Morgan fingerprint density at radius 1 is 1.60 bits per heavy atom. The van der Waals surface area contributed by atoms with Crippen LogP contribution in [0.3, 0.4) is 0 Å². The molecule has 10 heavy (non-hydrogen) atoms. The molecule has 1 nitrogen and oxygen atoms in total. The monoisotopic (exact) mass is 133 g/mol. The average molecular weight is 133 g/mol. The molecule has 0 aromatic carbocycles. The summed E-state index contributed by atoms with van der Waals surface area (Å²) in [5, 5.41) is 8.53. The molecule has 1 aliphatic rings. The van der Waals surface area contributed by atoms with Gasteiger partial charge in [-0.2, -0.15) is 5.26 Å². The predicted octanol–water partition coefficient (Wildman–Crippen LogP) is 2.57. The number of nitrogens with zero attached hydrogens (tertiary/aromatic N) is 1. The molecular formula is C9H11N. The molecule has 0 aromatic rings. The Labute approximate surface area is 61.7 Å². The van der Waals surface area contributed by atoms with Crippen molar-refractivity contribution in [1.29, 1.82) is 5.26 Å². The fourth-order valence-corrected chi connectivity index (χ4v) is 1.37. The maximum atomic E-state index is 8.53. The van der Waals surface area contributed by atoms with Gasteiger partial charge in [0.25, 0.3) is 0 Å². The lowest BCUT2D eigenvalue weighted by molar-refractivity contribution is 0.897. The molecule has 52 valence electrons. The molecular weight excluding hydrogens is 122 g/mol. The van der Waals surface area contributed by atoms with Crippen LogP contribution in [0, 0.1) is 11.3 Å². The van der Waals surface area contributed by atoms with Crippen LogP contribution in [0.2, 0.25) is 0 Å². The van der Waals surface area contributed by atoms with E-state index in [0.29, 0.717) is 5.57 Å². The van der Waals surface area contributed by atoms with Gasteiger partial charge in [0.2, 0.25) is 0 Å². The largest absolute Gasteiger partial charge is 0.192 e. The fraction of sp³-hybridized carbons (Fsp3) is 0.444. The molecule has 0 saturated carbocycles. The molecule has 0 amide bonds. The van der Waals surface area contributed by atoms with E-state index in [1.165, 1.54) is 17.6 Å². The van der Waals surface area contributed by atoms with Crippen molar-refractivity contribution in [3.05, 3.63) is 23.3 Å². The minimum atomic E-state index is 0.662. The number of hydrogen-bond acceptors (Lipinski definition) is 1. The number of hydrogen-bond donors (Lipinski definition) is 0. The molecule has 1 rings (SSSR count). The highest BCUT2D eigenvalue weighted by atomic mass is 14.3. The molecule has 0 aromatic heterocycles. The minimum absolute atomic E-state index is 0.662. The first kappa shape index (κ1) is 7.08. The van der Waals surface area contributed by atoms with E-state index in [4.69, 9.17) is 5.26 Å². The summed E-state index contributed by atoms with van der Waals surface area (Å²) in [5.74, 6) is 0. The zero-order chi connectivity index (χ0) is 7.56. The standard InChI is InChI=1S/C9H11N/c1-7-4-3-5-9(7)8(2)6-10/h2-5H2,1H3. The van der Waals surface area contributed by atoms with Crippen LogP contribution in [0.15, 0.2) is 23.3 Å². The molecule has 0 N–H and O–H groups in total. The van der Waals surface area contributed by atoms with Crippen LogP contribution < -0.4 is 0 Å². The van der Waals surface area contributed by atoms with Crippen molar-refractivity contribution in [2.24, 2.45) is 0 Å². The molecule has 0 unspecified atom stereocenters. The van der Waals surface area contributed by atoms with Gasteiger partial charge in [0.05, 0.1) is 6.07 Å². The predicted molar refractivity (Wildman–Crippen MR) is 41.3 cm³/mol. The Morgan fingerprint density at radius 2 is 2.30 bits per heavy atom. The van der Waals surface area contributed by atoms with Crippen LogP contribution >= 0.6 is 0 Å². The Bertz CT molecular complexity index is 228. The summed E-state index contributed by atoms with van der Waals surface area (Å²) in [6, 6.07) is 2.08. The second kappa shape index (κ2) is 2.70. The van der Waals surface area contributed by atoms with Gasteiger partial charge in [-0.25, -0.2) is 0 Å². The minimum Gasteiger partial charge on any atom is -0.192 e. The van der Waals surface area contributed by atoms with E-state index in [-0.39, 0.29) is 0 Å². The van der Waals surface area contributed by atoms with Gasteiger partial charge in [0.15, 0.2) is 0 Å². The molecule has 0 radical (unpaired) electrons. The third kappa shape index (κ3) is 1.11. The van der Waals surface area contributed by atoms with Crippen LogP contribution in [-0.4, -0.2) is 0 Å². The van der Waals surface area contributed by atoms with E-state index in [1.54, 1.807) is 0 Å². The lowest BCUT2D eigenvalue weighted by Crippen LogP contribution is -1.81. The quantitative estimate of drug-likeness (QED) is 0.504. The van der Waals surface area contributed by atoms with Crippen LogP contribution in [0.4, 0.5) is 0 Å². The van der Waals surface area contributed by atoms with Crippen LogP contribution in [0.25, 0.3) is 0 Å². The topological polar surface area (TPSA) is 23.8 Å². The van der Waals surface area contributed by atoms with Gasteiger partial charge in [-0.15, -0.1) is 0 Å². The van der Waals surface area contributed by atoms with Gasteiger partial charge in [0.1, 0.15) is 0 Å². The van der Waals surface area contributed by atoms with Crippen molar-refractivity contribution in [2.45, 2.75) is 26.2 Å². The van der Waals surface area contributed by atoms with Crippen molar-refractivity contribution in [2.75, 3.05) is 0 Å². The zero-order valence-corrected chi connectivity index (χ0v) is 6.28. The Hall–Kier alpha value is -1.03. The first-order valence-electron chi connectivity index (χ1n) is 3.53. The first-order valence-corrected chi connectivity index (χ1v) is 3.53. The van der Waals surface area contributed by atoms with Gasteiger partial charge >= 0.3 is 0 Å². The van der Waals surface area contributed by atoms with E-state index in [0.717, 1.165) is 12.8 Å². The molecule has 0 saturated heterocycles. The average Bonchev–Trinajstić information content (AvgIpc) is 2.34. The summed E-state index contributed by atoms with van der Waals surface area (Å²) >= 11 is 0. The fourth-order valence-electron chi connectivity index (χ4n) is 1.37. The molecule has 0 spiro atoms. The third-order valence-corrected chi connectivity index (χ3v) is 1.99. The maximum Gasteiger partial charge on any atom is 0.0988 e. The normalized spacial score (nSPS) is 17.2. The highest BCUT2D eigenvalue weighted by Gasteiger charge is 2.12. The van der Waals surface area contributed by atoms with Crippen molar-refractivity contribution < 1.29 is 0 Å². The third-order valence-electron chi connectivity index (χ3n) is 1.99. The van der Waals surface area contributed by atoms with E-state index in [2.05, 4.69) is 19.6 Å². The van der Waals surface area contributed by atoms with Gasteiger partial charge in [-0.3, -0.25) is 0 Å². The summed E-state index contributed by atoms with van der Waals surface area (Å²) in [7, 11) is 0. The van der Waals surface area contributed by atoms with E-state index in [9.17, 15) is 0 Å². The number of allylic oxidation sites excluding steroid dienone is 3. The summed E-state index contributed by atoms with van der Waals surface area (Å²) in [6.45, 7) is 5.77. The summed E-state index contributed by atoms with van der Waals surface area (Å²) < 4.78 is 0. The van der Waals surface area contributed by atoms with Gasteiger partial charge < -0.3 is 0 Å². The van der Waals surface area contributed by atoms with E-state index >= 15 is 0 Å². The molecule has 1 aliphatic carbocycles. The first-order chi connectivity index (χ1) is 4.75. The lowest BCUT2D eigenvalue weighted by Gasteiger charge is -1.96. The second-order valence-electron chi connectivity index (χ2n) is 2.70. The smallest absolute Gasteiger partial charge is 0.0988 e. The summed E-state index contributed by atoms with van der Waals surface area (Å²) in [4.78, 5) is 0. The van der Waals surface area contributed by atoms with Gasteiger partial charge in [-0.1, -0.05) is 12.2 Å². The van der Waals surface area contributed by atoms with Gasteiger partial charge in [0, 0.05) is 5.57 Å². The van der Waals surface area contributed by atoms with Gasteiger partial charge in [-0.05, 0) is 31.8 Å². The van der Waals surface area contributed by atoms with E-state index < -0.39 is 0 Å². The van der Waals surface area contributed by atoms with Crippen molar-refractivity contribution in [3.8, 4) is 6.07 Å².